The number of carbonyl (C=O) groups excluding carboxylic acids is 2. The Morgan fingerprint density at radius 3 is 2.75 bits per heavy atom. The van der Waals surface area contributed by atoms with Gasteiger partial charge in [-0.2, -0.15) is 0 Å². The molecule has 4 N–H and O–H groups in total. The molecular formula is C12H12N4O4. The summed E-state index contributed by atoms with van der Waals surface area (Å²) in [6.45, 7) is 1.54. The number of benzene rings is 1. The first-order valence-corrected chi connectivity index (χ1v) is 5.72. The highest BCUT2D eigenvalue weighted by molar-refractivity contribution is 5.97. The maximum absolute atomic E-state index is 11.5. The first-order valence-electron chi connectivity index (χ1n) is 5.72. The van der Waals surface area contributed by atoms with Gasteiger partial charge in [-0.3, -0.25) is 14.9 Å². The van der Waals surface area contributed by atoms with Gasteiger partial charge in [-0.1, -0.05) is 12.1 Å². The molecule has 8 nitrogen and oxygen atoms in total. The third kappa shape index (κ3) is 2.44. The molecule has 1 heterocycles. The fourth-order valence-electron chi connectivity index (χ4n) is 2.09. The number of nitrogens with two attached hydrogens (primary N) is 1. The third-order valence-corrected chi connectivity index (χ3v) is 2.95. The number of allylic oxidation sites excluding steroid dienone is 1. The van der Waals surface area contributed by atoms with E-state index < -0.39 is 22.9 Å². The van der Waals surface area contributed by atoms with Gasteiger partial charge in [0.05, 0.1) is 16.5 Å². The molecule has 1 aliphatic heterocycles. The van der Waals surface area contributed by atoms with Gasteiger partial charge >= 0.3 is 6.03 Å². The molecule has 1 aromatic rings. The van der Waals surface area contributed by atoms with Crippen molar-refractivity contribution in [1.29, 1.82) is 0 Å². The number of urea groups is 1. The molecule has 1 aliphatic rings. The molecule has 0 spiro atoms. The lowest BCUT2D eigenvalue weighted by Crippen LogP contribution is -2.46. The van der Waals surface area contributed by atoms with Crippen molar-refractivity contribution in [3.8, 4) is 0 Å². The van der Waals surface area contributed by atoms with Crippen molar-refractivity contribution in [1.82, 2.24) is 10.6 Å². The zero-order chi connectivity index (χ0) is 14.9. The van der Waals surface area contributed by atoms with Gasteiger partial charge in [-0.25, -0.2) is 4.79 Å². The van der Waals surface area contributed by atoms with Crippen LogP contribution in [0.5, 0.6) is 0 Å². The number of nitrogens with one attached hydrogen (secondary N) is 2. The molecule has 8 heteroatoms. The highest BCUT2D eigenvalue weighted by atomic mass is 16.6. The fourth-order valence-corrected chi connectivity index (χ4v) is 2.09. The number of nitrogens with zero attached hydrogens (tertiary/aromatic N) is 1. The molecule has 20 heavy (non-hydrogen) atoms. The zero-order valence-electron chi connectivity index (χ0n) is 10.5. The molecular weight excluding hydrogens is 264 g/mol. The van der Waals surface area contributed by atoms with Crippen LogP contribution in [0.2, 0.25) is 0 Å². The Morgan fingerprint density at radius 1 is 1.45 bits per heavy atom. The van der Waals surface area contributed by atoms with E-state index in [9.17, 15) is 19.7 Å². The Balaban J connectivity index is 2.51. The van der Waals surface area contributed by atoms with Crippen molar-refractivity contribution in [3.05, 3.63) is 51.2 Å². The minimum absolute atomic E-state index is 0.128. The SMILES string of the molecule is CC1=C(C(N)=O)C(c2cccc([N+](=O)[O-])c2)NC(=O)N1. The maximum atomic E-state index is 11.5. The lowest BCUT2D eigenvalue weighted by molar-refractivity contribution is -0.384. The number of non-ortho nitro benzene ring substituents is 1. The van der Waals surface area contributed by atoms with Gasteiger partial charge in [0.25, 0.3) is 5.69 Å². The van der Waals surface area contributed by atoms with Crippen molar-refractivity contribution in [2.75, 3.05) is 0 Å². The third-order valence-electron chi connectivity index (χ3n) is 2.95. The van der Waals surface area contributed by atoms with Crippen molar-refractivity contribution in [3.63, 3.8) is 0 Å². The van der Waals surface area contributed by atoms with E-state index in [4.69, 9.17) is 5.73 Å². The van der Waals surface area contributed by atoms with E-state index in [1.807, 2.05) is 0 Å². The summed E-state index contributed by atoms with van der Waals surface area (Å²) in [5.41, 5.74) is 6.10. The van der Waals surface area contributed by atoms with Crippen LogP contribution in [0.15, 0.2) is 35.5 Å². The van der Waals surface area contributed by atoms with Crippen LogP contribution in [0.4, 0.5) is 10.5 Å². The summed E-state index contributed by atoms with van der Waals surface area (Å²) < 4.78 is 0. The number of rotatable bonds is 3. The molecule has 0 bridgehead atoms. The number of nitro groups is 1. The van der Waals surface area contributed by atoms with Crippen LogP contribution in [0, 0.1) is 10.1 Å². The summed E-state index contributed by atoms with van der Waals surface area (Å²) in [6.07, 6.45) is 0. The first kappa shape index (κ1) is 13.5. The van der Waals surface area contributed by atoms with Crippen LogP contribution in [0.1, 0.15) is 18.5 Å². The number of primary amides is 1. The minimum atomic E-state index is -0.804. The monoisotopic (exact) mass is 276 g/mol. The fraction of sp³-hybridized carbons (Fsp3) is 0.167. The number of carbonyl (C=O) groups is 2. The standard InChI is InChI=1S/C12H12N4O4/c1-6-9(11(13)17)10(15-12(18)14-6)7-3-2-4-8(5-7)16(19)20/h2-5,10H,1H3,(H2,13,17)(H2,14,15,18). The summed E-state index contributed by atoms with van der Waals surface area (Å²) in [5, 5.41) is 15.8. The van der Waals surface area contributed by atoms with Crippen molar-refractivity contribution < 1.29 is 14.5 Å². The Hall–Kier alpha value is -2.90. The van der Waals surface area contributed by atoms with Crippen LogP contribution in [0.3, 0.4) is 0 Å². The quantitative estimate of drug-likeness (QED) is 0.554. The summed E-state index contributed by atoms with van der Waals surface area (Å²) in [7, 11) is 0. The topological polar surface area (TPSA) is 127 Å². The minimum Gasteiger partial charge on any atom is -0.366 e. The van der Waals surface area contributed by atoms with Crippen LogP contribution < -0.4 is 16.4 Å². The van der Waals surface area contributed by atoms with E-state index in [1.165, 1.54) is 18.2 Å². The lowest BCUT2D eigenvalue weighted by Gasteiger charge is -2.27. The smallest absolute Gasteiger partial charge is 0.319 e. The van der Waals surface area contributed by atoms with Crippen LogP contribution >= 0.6 is 0 Å². The molecule has 1 aromatic carbocycles. The Kier molecular flexibility index (Phi) is 3.38. The van der Waals surface area contributed by atoms with E-state index in [-0.39, 0.29) is 11.3 Å². The van der Waals surface area contributed by atoms with Gasteiger partial charge in [0.2, 0.25) is 5.91 Å². The lowest BCUT2D eigenvalue weighted by atomic mass is 9.95. The molecule has 3 amide bonds. The largest absolute Gasteiger partial charge is 0.366 e. The van der Waals surface area contributed by atoms with Crippen LogP contribution in [0.25, 0.3) is 0 Å². The number of hydrogen-bond acceptors (Lipinski definition) is 4. The second-order valence-electron chi connectivity index (χ2n) is 4.29. The summed E-state index contributed by atoms with van der Waals surface area (Å²) in [5.74, 6) is -0.702. The molecule has 1 unspecified atom stereocenters. The average Bonchev–Trinajstić information content (AvgIpc) is 2.37. The van der Waals surface area contributed by atoms with E-state index in [0.717, 1.165) is 0 Å². The zero-order valence-corrected chi connectivity index (χ0v) is 10.5. The molecule has 0 fully saturated rings. The molecule has 2 rings (SSSR count). The Morgan fingerprint density at radius 2 is 2.15 bits per heavy atom. The van der Waals surface area contributed by atoms with E-state index >= 15 is 0 Å². The second kappa shape index (κ2) is 5.00. The van der Waals surface area contributed by atoms with Crippen molar-refractivity contribution in [2.45, 2.75) is 13.0 Å². The first-order chi connectivity index (χ1) is 9.40. The van der Waals surface area contributed by atoms with Gasteiger partial charge in [0.15, 0.2) is 0 Å². The number of nitro benzene ring substituents is 1. The molecule has 0 saturated heterocycles. The predicted molar refractivity (Wildman–Crippen MR) is 69.4 cm³/mol. The highest BCUT2D eigenvalue weighted by Crippen LogP contribution is 2.28. The van der Waals surface area contributed by atoms with Gasteiger partial charge in [-0.05, 0) is 12.5 Å². The van der Waals surface area contributed by atoms with E-state index in [0.29, 0.717) is 11.3 Å². The van der Waals surface area contributed by atoms with E-state index in [2.05, 4.69) is 10.6 Å². The summed E-state index contributed by atoms with van der Waals surface area (Å²) >= 11 is 0. The molecule has 0 radical (unpaired) electrons. The summed E-state index contributed by atoms with van der Waals surface area (Å²) in [4.78, 5) is 33.2. The van der Waals surface area contributed by atoms with Gasteiger partial charge in [-0.15, -0.1) is 0 Å². The molecule has 0 aliphatic carbocycles. The number of hydrogen-bond donors (Lipinski definition) is 3. The maximum Gasteiger partial charge on any atom is 0.319 e. The van der Waals surface area contributed by atoms with Gasteiger partial charge in [0, 0.05) is 17.8 Å². The molecule has 0 saturated carbocycles. The normalized spacial score (nSPS) is 18.2. The van der Waals surface area contributed by atoms with Crippen LogP contribution in [-0.2, 0) is 4.79 Å². The van der Waals surface area contributed by atoms with Crippen LogP contribution in [-0.4, -0.2) is 16.9 Å². The van der Waals surface area contributed by atoms with E-state index in [1.54, 1.807) is 13.0 Å². The van der Waals surface area contributed by atoms with Gasteiger partial charge in [0.1, 0.15) is 0 Å². The highest BCUT2D eigenvalue weighted by Gasteiger charge is 2.30. The Bertz CT molecular complexity index is 638. The van der Waals surface area contributed by atoms with Crippen molar-refractivity contribution >= 4 is 17.6 Å². The Labute approximate surface area is 113 Å². The summed E-state index contributed by atoms with van der Waals surface area (Å²) in [6, 6.07) is 4.39. The van der Waals surface area contributed by atoms with Crippen molar-refractivity contribution in [2.24, 2.45) is 5.73 Å². The molecule has 104 valence electrons. The average molecular weight is 276 g/mol. The molecule has 1 atom stereocenters. The molecule has 0 aromatic heterocycles. The second-order valence-corrected chi connectivity index (χ2v) is 4.29. The van der Waals surface area contributed by atoms with Gasteiger partial charge < -0.3 is 16.4 Å². The predicted octanol–water partition coefficient (Wildman–Crippen LogP) is 0.708. The number of amides is 3.